The summed E-state index contributed by atoms with van der Waals surface area (Å²) in [5.41, 5.74) is 0.0858. The van der Waals surface area contributed by atoms with Crippen LogP contribution in [0.1, 0.15) is 39.0 Å². The number of oxazole rings is 1. The molecule has 140 valence electrons. The first-order chi connectivity index (χ1) is 12.2. The zero-order valence-electron chi connectivity index (χ0n) is 14.5. The summed E-state index contributed by atoms with van der Waals surface area (Å²) in [7, 11) is 0. The van der Waals surface area contributed by atoms with E-state index in [0.717, 1.165) is 0 Å². The van der Waals surface area contributed by atoms with Crippen LogP contribution in [0.5, 0.6) is 0 Å². The fourth-order valence-corrected chi connectivity index (χ4v) is 2.88. The standard InChI is InChI=1S/C18H20Cl2N2O4/c1-18(2,8-7-17(24)25)22-15(23)5-6-16-21-10-14(26-16)12-4-3-11(19)9-13(12)20/h3-4,9-10H,5-8H2,1-2H3,(H,22,23)(H,24,25). The van der Waals surface area contributed by atoms with Crippen molar-refractivity contribution in [2.45, 2.75) is 45.1 Å². The quantitative estimate of drug-likeness (QED) is 0.689. The van der Waals surface area contributed by atoms with Gasteiger partial charge in [-0.3, -0.25) is 9.59 Å². The van der Waals surface area contributed by atoms with E-state index in [1.54, 1.807) is 38.2 Å². The molecule has 8 heteroatoms. The zero-order chi connectivity index (χ0) is 19.3. The SMILES string of the molecule is CC(C)(CCC(=O)O)NC(=O)CCc1ncc(-c2ccc(Cl)cc2Cl)o1. The number of carbonyl (C=O) groups excluding carboxylic acids is 1. The molecule has 0 aliphatic carbocycles. The molecular formula is C18H20Cl2N2O4. The highest BCUT2D eigenvalue weighted by atomic mass is 35.5. The maximum Gasteiger partial charge on any atom is 0.303 e. The number of rotatable bonds is 8. The summed E-state index contributed by atoms with van der Waals surface area (Å²) >= 11 is 12.0. The molecule has 0 unspecified atom stereocenters. The lowest BCUT2D eigenvalue weighted by molar-refractivity contribution is -0.137. The second-order valence-corrected chi connectivity index (χ2v) is 7.41. The van der Waals surface area contributed by atoms with E-state index in [-0.39, 0.29) is 18.7 Å². The molecule has 0 saturated heterocycles. The second kappa shape index (κ2) is 8.56. The highest BCUT2D eigenvalue weighted by molar-refractivity contribution is 6.36. The first-order valence-corrected chi connectivity index (χ1v) is 8.85. The molecule has 0 atom stereocenters. The number of aryl methyl sites for hydroxylation is 1. The fourth-order valence-electron chi connectivity index (χ4n) is 2.38. The Hall–Kier alpha value is -2.05. The molecule has 6 nitrogen and oxygen atoms in total. The van der Waals surface area contributed by atoms with Crippen molar-refractivity contribution in [1.82, 2.24) is 10.3 Å². The minimum Gasteiger partial charge on any atom is -0.481 e. The summed E-state index contributed by atoms with van der Waals surface area (Å²) in [6, 6.07) is 5.07. The lowest BCUT2D eigenvalue weighted by Gasteiger charge is -2.25. The predicted molar refractivity (Wildman–Crippen MR) is 99.4 cm³/mol. The molecule has 0 spiro atoms. The van der Waals surface area contributed by atoms with E-state index in [1.165, 1.54) is 0 Å². The molecule has 0 radical (unpaired) electrons. The number of aromatic nitrogens is 1. The molecule has 0 saturated carbocycles. The summed E-state index contributed by atoms with van der Waals surface area (Å²) in [5, 5.41) is 12.6. The van der Waals surface area contributed by atoms with Gasteiger partial charge in [0, 0.05) is 35.4 Å². The first kappa shape index (κ1) is 20.3. The number of hydrogen-bond acceptors (Lipinski definition) is 4. The molecule has 2 rings (SSSR count). The monoisotopic (exact) mass is 398 g/mol. The van der Waals surface area contributed by atoms with Gasteiger partial charge in [0.2, 0.25) is 5.91 Å². The second-order valence-electron chi connectivity index (χ2n) is 6.57. The first-order valence-electron chi connectivity index (χ1n) is 8.09. The average Bonchev–Trinajstić information content (AvgIpc) is 2.99. The van der Waals surface area contributed by atoms with Gasteiger partial charge in [-0.1, -0.05) is 23.2 Å². The lowest BCUT2D eigenvalue weighted by atomic mass is 9.98. The van der Waals surface area contributed by atoms with Crippen LogP contribution >= 0.6 is 23.2 Å². The number of nitrogens with one attached hydrogen (secondary N) is 1. The molecule has 1 amide bonds. The number of carbonyl (C=O) groups is 2. The van der Waals surface area contributed by atoms with Crippen LogP contribution in [0.2, 0.25) is 10.0 Å². The van der Waals surface area contributed by atoms with Gasteiger partial charge in [0.05, 0.1) is 11.2 Å². The molecule has 0 aliphatic heterocycles. The smallest absolute Gasteiger partial charge is 0.303 e. The van der Waals surface area contributed by atoms with Crippen molar-refractivity contribution in [3.63, 3.8) is 0 Å². The van der Waals surface area contributed by atoms with Crippen LogP contribution in [0.25, 0.3) is 11.3 Å². The summed E-state index contributed by atoms with van der Waals surface area (Å²) in [6.45, 7) is 3.58. The lowest BCUT2D eigenvalue weighted by Crippen LogP contribution is -2.43. The number of hydrogen-bond donors (Lipinski definition) is 2. The molecule has 0 bridgehead atoms. The Morgan fingerprint density at radius 2 is 2.00 bits per heavy atom. The van der Waals surface area contributed by atoms with Crippen molar-refractivity contribution >= 4 is 35.1 Å². The van der Waals surface area contributed by atoms with E-state index < -0.39 is 11.5 Å². The fraction of sp³-hybridized carbons (Fsp3) is 0.389. The Labute approximate surface area is 161 Å². The molecule has 0 aliphatic rings. The molecule has 2 aromatic rings. The van der Waals surface area contributed by atoms with Gasteiger partial charge in [-0.15, -0.1) is 0 Å². The van der Waals surface area contributed by atoms with Crippen molar-refractivity contribution < 1.29 is 19.1 Å². The van der Waals surface area contributed by atoms with Gasteiger partial charge < -0.3 is 14.8 Å². The number of nitrogens with zero attached hydrogens (tertiary/aromatic N) is 1. The highest BCUT2D eigenvalue weighted by Gasteiger charge is 2.21. The minimum absolute atomic E-state index is 0.00175. The van der Waals surface area contributed by atoms with Crippen molar-refractivity contribution in [3.8, 4) is 11.3 Å². The van der Waals surface area contributed by atoms with E-state index in [9.17, 15) is 9.59 Å². The van der Waals surface area contributed by atoms with Crippen molar-refractivity contribution in [2.75, 3.05) is 0 Å². The van der Waals surface area contributed by atoms with E-state index >= 15 is 0 Å². The van der Waals surface area contributed by atoms with Gasteiger partial charge in [0.1, 0.15) is 0 Å². The van der Waals surface area contributed by atoms with Crippen LogP contribution in [-0.2, 0) is 16.0 Å². The average molecular weight is 399 g/mol. The van der Waals surface area contributed by atoms with Crippen molar-refractivity contribution in [2.24, 2.45) is 0 Å². The molecule has 1 aromatic carbocycles. The Balaban J connectivity index is 1.91. The minimum atomic E-state index is -0.888. The number of amides is 1. The number of carboxylic acid groups (broad SMARTS) is 1. The summed E-state index contributed by atoms with van der Waals surface area (Å²) in [6.07, 6.45) is 2.42. The summed E-state index contributed by atoms with van der Waals surface area (Å²) in [5.74, 6) is -0.154. The van der Waals surface area contributed by atoms with Crippen LogP contribution < -0.4 is 5.32 Å². The van der Waals surface area contributed by atoms with Gasteiger partial charge in [-0.05, 0) is 38.5 Å². The number of halogens is 2. The Kier molecular flexibility index (Phi) is 6.67. The summed E-state index contributed by atoms with van der Waals surface area (Å²) < 4.78 is 5.65. The third kappa shape index (κ3) is 6.04. The van der Waals surface area contributed by atoms with Gasteiger partial charge in [-0.2, -0.15) is 0 Å². The van der Waals surface area contributed by atoms with Crippen LogP contribution in [0.15, 0.2) is 28.8 Å². The number of benzene rings is 1. The van der Waals surface area contributed by atoms with Crippen LogP contribution in [0, 0.1) is 0 Å². The van der Waals surface area contributed by atoms with Gasteiger partial charge in [0.15, 0.2) is 11.7 Å². The van der Waals surface area contributed by atoms with Gasteiger partial charge in [-0.25, -0.2) is 4.98 Å². The number of aliphatic carboxylic acids is 1. The van der Waals surface area contributed by atoms with Crippen LogP contribution in [0.3, 0.4) is 0 Å². The maximum absolute atomic E-state index is 12.1. The molecule has 2 N–H and O–H groups in total. The van der Waals surface area contributed by atoms with E-state index in [0.29, 0.717) is 40.1 Å². The largest absolute Gasteiger partial charge is 0.481 e. The Morgan fingerprint density at radius 3 is 2.65 bits per heavy atom. The highest BCUT2D eigenvalue weighted by Crippen LogP contribution is 2.30. The molecular weight excluding hydrogens is 379 g/mol. The van der Waals surface area contributed by atoms with Gasteiger partial charge >= 0.3 is 5.97 Å². The van der Waals surface area contributed by atoms with E-state index in [1.807, 2.05) is 0 Å². The number of carboxylic acids is 1. The van der Waals surface area contributed by atoms with Crippen molar-refractivity contribution in [3.05, 3.63) is 40.3 Å². The zero-order valence-corrected chi connectivity index (χ0v) is 16.0. The Bertz CT molecular complexity index is 802. The summed E-state index contributed by atoms with van der Waals surface area (Å²) in [4.78, 5) is 26.9. The topological polar surface area (TPSA) is 92.4 Å². The van der Waals surface area contributed by atoms with Crippen LogP contribution in [0.4, 0.5) is 0 Å². The van der Waals surface area contributed by atoms with E-state index in [4.69, 9.17) is 32.7 Å². The van der Waals surface area contributed by atoms with E-state index in [2.05, 4.69) is 10.3 Å². The van der Waals surface area contributed by atoms with Gasteiger partial charge in [0.25, 0.3) is 0 Å². The molecule has 0 fully saturated rings. The molecule has 1 aromatic heterocycles. The molecule has 1 heterocycles. The maximum atomic E-state index is 12.1. The third-order valence-electron chi connectivity index (χ3n) is 3.76. The van der Waals surface area contributed by atoms with Crippen molar-refractivity contribution in [1.29, 1.82) is 0 Å². The predicted octanol–water partition coefficient (Wildman–Crippen LogP) is 4.34. The Morgan fingerprint density at radius 1 is 1.27 bits per heavy atom. The molecule has 26 heavy (non-hydrogen) atoms. The van der Waals surface area contributed by atoms with Crippen LogP contribution in [-0.4, -0.2) is 27.5 Å². The normalized spacial score (nSPS) is 11.4. The third-order valence-corrected chi connectivity index (χ3v) is 4.31.